The van der Waals surface area contributed by atoms with E-state index in [0.29, 0.717) is 25.7 Å². The van der Waals surface area contributed by atoms with Crippen molar-refractivity contribution in [2.24, 2.45) is 5.92 Å². The van der Waals surface area contributed by atoms with Crippen molar-refractivity contribution in [3.8, 4) is 0 Å². The Morgan fingerprint density at radius 2 is 1.44 bits per heavy atom. The van der Waals surface area contributed by atoms with E-state index in [9.17, 15) is 13.2 Å². The van der Waals surface area contributed by atoms with Crippen molar-refractivity contribution in [2.75, 3.05) is 5.32 Å². The molecule has 1 aliphatic rings. The average Bonchev–Trinajstić information content (AvgIpc) is 2.53. The second-order valence-corrected chi connectivity index (χ2v) is 12.1. The van der Waals surface area contributed by atoms with Crippen LogP contribution in [0.4, 0.5) is 5.69 Å². The standard InChI is InChI=1S/C21H34N2O3S/c1-20(2,3)16-9-13-17(14-10-16)22-19(24)15-7-11-18(12-8-15)23-27(25,26)21(4,5)6/h9-10,13-15,18,23H,7-8,11-12H2,1-6H3,(H,22,24). The van der Waals surface area contributed by atoms with Crippen LogP contribution in [0, 0.1) is 5.92 Å². The highest BCUT2D eigenvalue weighted by Crippen LogP contribution is 2.28. The van der Waals surface area contributed by atoms with E-state index in [-0.39, 0.29) is 23.3 Å². The van der Waals surface area contributed by atoms with Crippen LogP contribution in [0.15, 0.2) is 24.3 Å². The fourth-order valence-corrected chi connectivity index (χ4v) is 4.20. The van der Waals surface area contributed by atoms with Crippen molar-refractivity contribution in [2.45, 2.75) is 83.4 Å². The van der Waals surface area contributed by atoms with Crippen molar-refractivity contribution in [1.82, 2.24) is 4.72 Å². The molecule has 0 spiro atoms. The van der Waals surface area contributed by atoms with E-state index < -0.39 is 14.8 Å². The highest BCUT2D eigenvalue weighted by molar-refractivity contribution is 7.90. The quantitative estimate of drug-likeness (QED) is 0.804. The third-order valence-corrected chi connectivity index (χ3v) is 7.50. The van der Waals surface area contributed by atoms with E-state index in [1.807, 2.05) is 24.3 Å². The first-order chi connectivity index (χ1) is 12.3. The van der Waals surface area contributed by atoms with E-state index in [4.69, 9.17) is 0 Å². The number of anilines is 1. The van der Waals surface area contributed by atoms with Gasteiger partial charge in [-0.2, -0.15) is 0 Å². The summed E-state index contributed by atoms with van der Waals surface area (Å²) in [5.74, 6) is -0.0432. The summed E-state index contributed by atoms with van der Waals surface area (Å²) in [4.78, 5) is 12.6. The molecule has 152 valence electrons. The third-order valence-electron chi connectivity index (χ3n) is 5.24. The van der Waals surface area contributed by atoms with Gasteiger partial charge in [-0.25, -0.2) is 13.1 Å². The van der Waals surface area contributed by atoms with Crippen molar-refractivity contribution >= 4 is 21.6 Å². The van der Waals surface area contributed by atoms with Gasteiger partial charge in [0.15, 0.2) is 0 Å². The van der Waals surface area contributed by atoms with Crippen LogP contribution < -0.4 is 10.0 Å². The van der Waals surface area contributed by atoms with Crippen LogP contribution in [0.2, 0.25) is 0 Å². The summed E-state index contributed by atoms with van der Waals surface area (Å²) in [6.45, 7) is 11.6. The third kappa shape index (κ3) is 5.79. The Kier molecular flexibility index (Phi) is 6.42. The van der Waals surface area contributed by atoms with Crippen LogP contribution in [0.25, 0.3) is 0 Å². The fraction of sp³-hybridized carbons (Fsp3) is 0.667. The zero-order valence-corrected chi connectivity index (χ0v) is 18.2. The minimum atomic E-state index is -3.35. The molecule has 1 aromatic rings. The van der Waals surface area contributed by atoms with Gasteiger partial charge in [0.25, 0.3) is 0 Å². The normalized spacial score (nSPS) is 21.7. The van der Waals surface area contributed by atoms with Gasteiger partial charge in [0.05, 0.1) is 4.75 Å². The lowest BCUT2D eigenvalue weighted by molar-refractivity contribution is -0.120. The number of benzene rings is 1. The number of rotatable bonds is 4. The maximum Gasteiger partial charge on any atom is 0.227 e. The second-order valence-electron chi connectivity index (χ2n) is 9.60. The Labute approximate surface area is 164 Å². The van der Waals surface area contributed by atoms with Gasteiger partial charge in [0.2, 0.25) is 15.9 Å². The van der Waals surface area contributed by atoms with Crippen molar-refractivity contribution in [3.05, 3.63) is 29.8 Å². The van der Waals surface area contributed by atoms with Crippen LogP contribution in [0.5, 0.6) is 0 Å². The number of hydrogen-bond acceptors (Lipinski definition) is 3. The van der Waals surface area contributed by atoms with Gasteiger partial charge in [-0.05, 0) is 69.6 Å². The molecular formula is C21H34N2O3S. The van der Waals surface area contributed by atoms with Gasteiger partial charge in [-0.1, -0.05) is 32.9 Å². The van der Waals surface area contributed by atoms with Crippen molar-refractivity contribution in [3.63, 3.8) is 0 Å². The summed E-state index contributed by atoms with van der Waals surface area (Å²) in [5, 5.41) is 3.00. The topological polar surface area (TPSA) is 75.3 Å². The molecule has 0 aromatic heterocycles. The molecule has 0 heterocycles. The summed E-state index contributed by atoms with van der Waals surface area (Å²) in [6.07, 6.45) is 2.78. The SMILES string of the molecule is CC(C)(C)c1ccc(NC(=O)C2CCC(NS(=O)(=O)C(C)(C)C)CC2)cc1. The van der Waals surface area contributed by atoms with Crippen LogP contribution in [0.3, 0.4) is 0 Å². The van der Waals surface area contributed by atoms with E-state index in [0.717, 1.165) is 5.69 Å². The largest absolute Gasteiger partial charge is 0.326 e. The number of carbonyl (C=O) groups excluding carboxylic acids is 1. The first-order valence-corrected chi connectivity index (χ1v) is 11.2. The number of amides is 1. The predicted octanol–water partition coefficient (Wildman–Crippen LogP) is 4.20. The highest BCUT2D eigenvalue weighted by Gasteiger charge is 2.34. The average molecular weight is 395 g/mol. The monoisotopic (exact) mass is 394 g/mol. The van der Waals surface area contributed by atoms with E-state index in [2.05, 4.69) is 30.8 Å². The molecule has 2 N–H and O–H groups in total. The molecule has 6 heteroatoms. The summed E-state index contributed by atoms with van der Waals surface area (Å²) < 4.78 is 26.6. The summed E-state index contributed by atoms with van der Waals surface area (Å²) >= 11 is 0. The molecule has 0 radical (unpaired) electrons. The van der Waals surface area contributed by atoms with E-state index >= 15 is 0 Å². The summed E-state index contributed by atoms with van der Waals surface area (Å²) in [7, 11) is -3.35. The van der Waals surface area contributed by atoms with Gasteiger partial charge < -0.3 is 5.32 Å². The Balaban J connectivity index is 1.88. The molecule has 2 rings (SSSR count). The van der Waals surface area contributed by atoms with E-state index in [1.54, 1.807) is 20.8 Å². The maximum atomic E-state index is 12.6. The Morgan fingerprint density at radius 3 is 1.89 bits per heavy atom. The van der Waals surface area contributed by atoms with Gasteiger partial charge in [-0.3, -0.25) is 4.79 Å². The Bertz CT molecular complexity index is 748. The highest BCUT2D eigenvalue weighted by atomic mass is 32.2. The van der Waals surface area contributed by atoms with Gasteiger partial charge >= 0.3 is 0 Å². The molecule has 1 amide bonds. The number of sulfonamides is 1. The molecule has 1 saturated carbocycles. The van der Waals surface area contributed by atoms with Crippen LogP contribution in [-0.2, 0) is 20.2 Å². The van der Waals surface area contributed by atoms with Crippen LogP contribution in [0.1, 0.15) is 72.8 Å². The minimum Gasteiger partial charge on any atom is -0.326 e. The lowest BCUT2D eigenvalue weighted by Gasteiger charge is -2.30. The first kappa shape index (κ1) is 21.9. The zero-order chi connectivity index (χ0) is 20.5. The second kappa shape index (κ2) is 7.92. The van der Waals surface area contributed by atoms with Crippen molar-refractivity contribution < 1.29 is 13.2 Å². The maximum absolute atomic E-state index is 12.6. The molecule has 0 unspecified atom stereocenters. The van der Waals surface area contributed by atoms with Gasteiger partial charge in [-0.15, -0.1) is 0 Å². The number of nitrogens with one attached hydrogen (secondary N) is 2. The minimum absolute atomic E-state index is 0.0237. The van der Waals surface area contributed by atoms with Crippen molar-refractivity contribution in [1.29, 1.82) is 0 Å². The lowest BCUT2D eigenvalue weighted by atomic mass is 9.85. The predicted molar refractivity (Wildman–Crippen MR) is 111 cm³/mol. The molecule has 1 fully saturated rings. The number of carbonyl (C=O) groups is 1. The summed E-state index contributed by atoms with van der Waals surface area (Å²) in [5.41, 5.74) is 2.12. The first-order valence-electron chi connectivity index (χ1n) is 9.73. The molecule has 0 saturated heterocycles. The molecule has 27 heavy (non-hydrogen) atoms. The van der Waals surface area contributed by atoms with Crippen LogP contribution >= 0.6 is 0 Å². The summed E-state index contributed by atoms with van der Waals surface area (Å²) in [6, 6.07) is 7.91. The van der Waals surface area contributed by atoms with Crippen LogP contribution in [-0.4, -0.2) is 25.1 Å². The van der Waals surface area contributed by atoms with Gasteiger partial charge in [0.1, 0.15) is 0 Å². The number of hydrogen-bond donors (Lipinski definition) is 2. The molecule has 1 aromatic carbocycles. The molecule has 0 atom stereocenters. The molecule has 5 nitrogen and oxygen atoms in total. The fourth-order valence-electron chi connectivity index (χ4n) is 3.17. The zero-order valence-electron chi connectivity index (χ0n) is 17.4. The van der Waals surface area contributed by atoms with Gasteiger partial charge in [0, 0.05) is 17.6 Å². The Morgan fingerprint density at radius 1 is 0.926 bits per heavy atom. The molecule has 0 aliphatic heterocycles. The molecular weight excluding hydrogens is 360 g/mol. The lowest BCUT2D eigenvalue weighted by Crippen LogP contribution is -2.46. The molecule has 1 aliphatic carbocycles. The smallest absolute Gasteiger partial charge is 0.227 e. The van der Waals surface area contributed by atoms with E-state index in [1.165, 1.54) is 5.56 Å². The molecule has 0 bridgehead atoms. The Hall–Kier alpha value is -1.40.